The molecule has 0 fully saturated rings. The number of aromatic nitrogens is 2. The molecule has 0 saturated carbocycles. The first kappa shape index (κ1) is 13.2. The van der Waals surface area contributed by atoms with Crippen LogP contribution in [0.3, 0.4) is 0 Å². The minimum absolute atomic E-state index is 0.288. The van der Waals surface area contributed by atoms with E-state index in [-0.39, 0.29) is 5.91 Å². The molecule has 1 atom stereocenters. The van der Waals surface area contributed by atoms with Gasteiger partial charge in [-0.3, -0.25) is 4.79 Å². The molecule has 3 N–H and O–H groups in total. The molecule has 0 spiro atoms. The van der Waals surface area contributed by atoms with Crippen LogP contribution in [0, 0.1) is 13.8 Å². The number of amides is 1. The Morgan fingerprint density at radius 1 is 1.21 bits per heavy atom. The van der Waals surface area contributed by atoms with Crippen LogP contribution in [0.1, 0.15) is 23.1 Å². The largest absolute Gasteiger partial charge is 0.316 e. The minimum atomic E-state index is -0.711. The number of carbonyl (C=O) groups is 1. The molecule has 0 aliphatic carbocycles. The lowest BCUT2D eigenvalue weighted by Gasteiger charge is -2.12. The van der Waals surface area contributed by atoms with Crippen molar-refractivity contribution in [2.24, 2.45) is 5.73 Å². The first-order valence-electron chi connectivity index (χ1n) is 6.00. The van der Waals surface area contributed by atoms with Crippen molar-refractivity contribution >= 4 is 11.7 Å². The van der Waals surface area contributed by atoms with Gasteiger partial charge in [0.1, 0.15) is 17.7 Å². The molecule has 0 saturated heterocycles. The summed E-state index contributed by atoms with van der Waals surface area (Å²) in [6.45, 7) is 3.63. The lowest BCUT2D eigenvalue weighted by molar-refractivity contribution is -0.117. The number of nitrogens with one attached hydrogen (secondary N) is 1. The van der Waals surface area contributed by atoms with Gasteiger partial charge < -0.3 is 11.1 Å². The normalized spacial score (nSPS) is 11.9. The SMILES string of the molecule is Cc1cc(NC(=O)C(N)c2ccccc2)nc(C)n1. The fourth-order valence-electron chi connectivity index (χ4n) is 1.80. The molecule has 98 valence electrons. The van der Waals surface area contributed by atoms with E-state index in [1.165, 1.54) is 0 Å². The Hall–Kier alpha value is -2.27. The van der Waals surface area contributed by atoms with Crippen molar-refractivity contribution in [3.05, 3.63) is 53.5 Å². The second kappa shape index (κ2) is 5.58. The van der Waals surface area contributed by atoms with Gasteiger partial charge in [0.15, 0.2) is 0 Å². The monoisotopic (exact) mass is 256 g/mol. The molecule has 0 aliphatic rings. The summed E-state index contributed by atoms with van der Waals surface area (Å²) in [6.07, 6.45) is 0. The van der Waals surface area contributed by atoms with Gasteiger partial charge >= 0.3 is 0 Å². The van der Waals surface area contributed by atoms with Crippen molar-refractivity contribution < 1.29 is 4.79 Å². The zero-order chi connectivity index (χ0) is 13.8. The van der Waals surface area contributed by atoms with Crippen LogP contribution in [0.2, 0.25) is 0 Å². The predicted octanol–water partition coefficient (Wildman–Crippen LogP) is 1.73. The Morgan fingerprint density at radius 3 is 2.53 bits per heavy atom. The van der Waals surface area contributed by atoms with Crippen molar-refractivity contribution in [2.75, 3.05) is 5.32 Å². The molecular weight excluding hydrogens is 240 g/mol. The number of benzene rings is 1. The maximum Gasteiger partial charge on any atom is 0.247 e. The summed E-state index contributed by atoms with van der Waals surface area (Å²) < 4.78 is 0. The zero-order valence-corrected chi connectivity index (χ0v) is 10.9. The lowest BCUT2D eigenvalue weighted by atomic mass is 10.1. The molecule has 0 bridgehead atoms. The highest BCUT2D eigenvalue weighted by molar-refractivity contribution is 5.94. The van der Waals surface area contributed by atoms with Crippen molar-refractivity contribution in [1.82, 2.24) is 9.97 Å². The highest BCUT2D eigenvalue weighted by Crippen LogP contribution is 2.13. The first-order chi connectivity index (χ1) is 9.06. The van der Waals surface area contributed by atoms with Gasteiger partial charge in [-0.15, -0.1) is 0 Å². The summed E-state index contributed by atoms with van der Waals surface area (Å²) in [5.41, 5.74) is 7.48. The number of nitrogens with two attached hydrogens (primary N) is 1. The van der Waals surface area contributed by atoms with Crippen molar-refractivity contribution in [1.29, 1.82) is 0 Å². The predicted molar refractivity (Wildman–Crippen MR) is 73.5 cm³/mol. The van der Waals surface area contributed by atoms with Crippen molar-refractivity contribution in [3.63, 3.8) is 0 Å². The average Bonchev–Trinajstić information content (AvgIpc) is 2.37. The van der Waals surface area contributed by atoms with Gasteiger partial charge in [0.05, 0.1) is 0 Å². The molecule has 1 amide bonds. The molecular formula is C14H16N4O. The quantitative estimate of drug-likeness (QED) is 0.876. The number of anilines is 1. The number of hydrogen-bond acceptors (Lipinski definition) is 4. The highest BCUT2D eigenvalue weighted by Gasteiger charge is 2.16. The molecule has 1 aromatic heterocycles. The van der Waals surface area contributed by atoms with Crippen LogP contribution in [0.25, 0.3) is 0 Å². The van der Waals surface area contributed by atoms with Gasteiger partial charge in [-0.25, -0.2) is 9.97 Å². The van der Waals surface area contributed by atoms with Crippen LogP contribution in [-0.4, -0.2) is 15.9 Å². The Morgan fingerprint density at radius 2 is 1.89 bits per heavy atom. The molecule has 19 heavy (non-hydrogen) atoms. The number of carbonyl (C=O) groups excluding carboxylic acids is 1. The van der Waals surface area contributed by atoms with Crippen LogP contribution in [0.15, 0.2) is 36.4 Å². The molecule has 2 rings (SSSR count). The molecule has 2 aromatic rings. The number of nitrogens with zero attached hydrogens (tertiary/aromatic N) is 2. The zero-order valence-electron chi connectivity index (χ0n) is 10.9. The van der Waals surface area contributed by atoms with E-state index in [0.717, 1.165) is 11.3 Å². The number of aryl methyl sites for hydroxylation is 2. The molecule has 1 heterocycles. The van der Waals surface area contributed by atoms with E-state index in [0.29, 0.717) is 11.6 Å². The van der Waals surface area contributed by atoms with Gasteiger partial charge in [-0.1, -0.05) is 30.3 Å². The summed E-state index contributed by atoms with van der Waals surface area (Å²) >= 11 is 0. The summed E-state index contributed by atoms with van der Waals surface area (Å²) in [5.74, 6) is 0.800. The van der Waals surface area contributed by atoms with Gasteiger partial charge in [0.25, 0.3) is 0 Å². The maximum atomic E-state index is 12.0. The minimum Gasteiger partial charge on any atom is -0.316 e. The average molecular weight is 256 g/mol. The Labute approximate surface area is 111 Å². The van der Waals surface area contributed by atoms with Crippen molar-refractivity contribution in [3.8, 4) is 0 Å². The van der Waals surface area contributed by atoms with E-state index in [1.807, 2.05) is 37.3 Å². The van der Waals surface area contributed by atoms with E-state index < -0.39 is 6.04 Å². The molecule has 1 unspecified atom stereocenters. The summed E-state index contributed by atoms with van der Waals surface area (Å²) in [7, 11) is 0. The van der Waals surface area contributed by atoms with E-state index >= 15 is 0 Å². The van der Waals surface area contributed by atoms with Crippen LogP contribution in [0.5, 0.6) is 0 Å². The maximum absolute atomic E-state index is 12.0. The molecule has 1 aromatic carbocycles. The Balaban J connectivity index is 2.13. The van der Waals surface area contributed by atoms with Gasteiger partial charge in [-0.2, -0.15) is 0 Å². The van der Waals surface area contributed by atoms with E-state index in [1.54, 1.807) is 13.0 Å². The van der Waals surface area contributed by atoms with Crippen LogP contribution in [0.4, 0.5) is 5.82 Å². The topological polar surface area (TPSA) is 80.9 Å². The Bertz CT molecular complexity index is 563. The van der Waals surface area contributed by atoms with E-state index in [9.17, 15) is 4.79 Å². The van der Waals surface area contributed by atoms with E-state index in [2.05, 4.69) is 15.3 Å². The fraction of sp³-hybridized carbons (Fsp3) is 0.214. The summed E-state index contributed by atoms with van der Waals surface area (Å²) in [5, 5.41) is 2.71. The molecule has 0 radical (unpaired) electrons. The molecule has 5 nitrogen and oxygen atoms in total. The highest BCUT2D eigenvalue weighted by atomic mass is 16.2. The fourth-order valence-corrected chi connectivity index (χ4v) is 1.80. The Kier molecular flexibility index (Phi) is 3.87. The van der Waals surface area contributed by atoms with Gasteiger partial charge in [0, 0.05) is 11.8 Å². The first-order valence-corrected chi connectivity index (χ1v) is 6.00. The number of rotatable bonds is 3. The smallest absolute Gasteiger partial charge is 0.247 e. The van der Waals surface area contributed by atoms with Crippen LogP contribution < -0.4 is 11.1 Å². The third-order valence-electron chi connectivity index (χ3n) is 2.66. The summed E-state index contributed by atoms with van der Waals surface area (Å²) in [6, 6.07) is 10.2. The van der Waals surface area contributed by atoms with Crippen molar-refractivity contribution in [2.45, 2.75) is 19.9 Å². The number of hydrogen-bond donors (Lipinski definition) is 2. The molecule has 5 heteroatoms. The third kappa shape index (κ3) is 3.35. The second-order valence-electron chi connectivity index (χ2n) is 4.32. The lowest BCUT2D eigenvalue weighted by Crippen LogP contribution is -2.28. The summed E-state index contributed by atoms with van der Waals surface area (Å²) in [4.78, 5) is 20.3. The second-order valence-corrected chi connectivity index (χ2v) is 4.32. The van der Waals surface area contributed by atoms with Crippen LogP contribution >= 0.6 is 0 Å². The van der Waals surface area contributed by atoms with Gasteiger partial charge in [0.2, 0.25) is 5.91 Å². The third-order valence-corrected chi connectivity index (χ3v) is 2.66. The standard InChI is InChI=1S/C14H16N4O/c1-9-8-12(17-10(2)16-9)18-14(19)13(15)11-6-4-3-5-7-11/h3-8,13H,15H2,1-2H3,(H,16,17,18,19). The van der Waals surface area contributed by atoms with E-state index in [4.69, 9.17) is 5.73 Å². The van der Waals surface area contributed by atoms with Crippen LogP contribution in [-0.2, 0) is 4.79 Å². The van der Waals surface area contributed by atoms with Gasteiger partial charge in [-0.05, 0) is 19.4 Å². The molecule has 0 aliphatic heterocycles.